The maximum atomic E-state index is 12.8. The van der Waals surface area contributed by atoms with Crippen molar-refractivity contribution in [2.45, 2.75) is 18.7 Å². The number of methoxy groups -OCH3 is 1. The molecule has 0 radical (unpaired) electrons. The zero-order chi connectivity index (χ0) is 22.6. The Bertz CT molecular complexity index is 1250. The van der Waals surface area contributed by atoms with Crippen LogP contribution in [0.4, 0.5) is 17.1 Å². The zero-order valence-electron chi connectivity index (χ0n) is 16.9. The average Bonchev–Trinajstić information content (AvgIpc) is 3.18. The summed E-state index contributed by atoms with van der Waals surface area (Å²) in [6.45, 7) is 3.46. The SMILES string of the molecule is COc1ccccc1NS(=O)(=O)c1ccc(NN=C(C)c2ccc(C)o2)c([N+](=O)[O-])c1. The molecule has 3 rings (SSSR count). The van der Waals surface area contributed by atoms with Crippen LogP contribution in [0.3, 0.4) is 0 Å². The van der Waals surface area contributed by atoms with Crippen LogP contribution in [0.2, 0.25) is 0 Å². The van der Waals surface area contributed by atoms with Crippen molar-refractivity contribution < 1.29 is 22.5 Å². The summed E-state index contributed by atoms with van der Waals surface area (Å²) in [4.78, 5) is 10.6. The summed E-state index contributed by atoms with van der Waals surface area (Å²) < 4.78 is 38.5. The standard InChI is InChI=1S/C20H20N4O6S/c1-13-8-11-19(30-13)14(2)21-22-16-10-9-15(12-18(16)24(25)26)31(27,28)23-17-6-4-5-7-20(17)29-3/h4-12,22-23H,1-3H3. The summed E-state index contributed by atoms with van der Waals surface area (Å²) in [7, 11) is -2.70. The number of nitrogens with zero attached hydrogens (tertiary/aromatic N) is 2. The molecule has 0 aliphatic rings. The quantitative estimate of drug-likeness (QED) is 0.303. The molecule has 0 atom stereocenters. The first-order chi connectivity index (χ1) is 14.7. The third kappa shape index (κ3) is 5.01. The van der Waals surface area contributed by atoms with Gasteiger partial charge in [0.05, 0.1) is 22.6 Å². The van der Waals surface area contributed by atoms with E-state index in [0.717, 1.165) is 6.07 Å². The lowest BCUT2D eigenvalue weighted by Gasteiger charge is -2.12. The topological polar surface area (TPSA) is 136 Å². The van der Waals surface area contributed by atoms with Crippen LogP contribution in [0, 0.1) is 17.0 Å². The third-order valence-corrected chi connectivity index (χ3v) is 5.63. The van der Waals surface area contributed by atoms with E-state index >= 15 is 0 Å². The average molecular weight is 444 g/mol. The number of para-hydroxylation sites is 2. The first-order valence-electron chi connectivity index (χ1n) is 9.02. The van der Waals surface area contributed by atoms with Gasteiger partial charge in [0.1, 0.15) is 28.7 Å². The van der Waals surface area contributed by atoms with Crippen molar-refractivity contribution in [3.63, 3.8) is 0 Å². The molecule has 0 fully saturated rings. The predicted octanol–water partition coefficient (Wildman–Crippen LogP) is 4.14. The van der Waals surface area contributed by atoms with E-state index in [2.05, 4.69) is 15.2 Å². The molecular weight excluding hydrogens is 424 g/mol. The van der Waals surface area contributed by atoms with E-state index in [4.69, 9.17) is 9.15 Å². The Morgan fingerprint density at radius 2 is 1.87 bits per heavy atom. The van der Waals surface area contributed by atoms with E-state index in [1.807, 2.05) is 0 Å². The van der Waals surface area contributed by atoms with Gasteiger partial charge in [-0.2, -0.15) is 5.10 Å². The molecule has 2 N–H and O–H groups in total. The van der Waals surface area contributed by atoms with Gasteiger partial charge in [-0.25, -0.2) is 8.42 Å². The van der Waals surface area contributed by atoms with E-state index in [-0.39, 0.29) is 16.3 Å². The Balaban J connectivity index is 1.90. The number of nitro benzene ring substituents is 1. The number of nitro groups is 1. The van der Waals surface area contributed by atoms with Gasteiger partial charge in [0.25, 0.3) is 15.7 Å². The van der Waals surface area contributed by atoms with Crippen LogP contribution in [-0.4, -0.2) is 26.2 Å². The molecule has 0 spiro atoms. The first-order valence-corrected chi connectivity index (χ1v) is 10.5. The molecule has 2 aromatic carbocycles. The van der Waals surface area contributed by atoms with Crippen LogP contribution in [-0.2, 0) is 10.0 Å². The molecule has 1 heterocycles. The number of anilines is 2. The van der Waals surface area contributed by atoms with Crippen molar-refractivity contribution in [2.75, 3.05) is 17.3 Å². The van der Waals surface area contributed by atoms with Gasteiger partial charge >= 0.3 is 0 Å². The van der Waals surface area contributed by atoms with Gasteiger partial charge in [-0.1, -0.05) is 12.1 Å². The Morgan fingerprint density at radius 3 is 2.52 bits per heavy atom. The van der Waals surface area contributed by atoms with E-state index in [1.54, 1.807) is 44.2 Å². The molecule has 31 heavy (non-hydrogen) atoms. The summed E-state index contributed by atoms with van der Waals surface area (Å²) in [5.74, 6) is 1.53. The highest BCUT2D eigenvalue weighted by Gasteiger charge is 2.22. The van der Waals surface area contributed by atoms with Gasteiger partial charge in [-0.15, -0.1) is 0 Å². The van der Waals surface area contributed by atoms with Crippen LogP contribution >= 0.6 is 0 Å². The fourth-order valence-electron chi connectivity index (χ4n) is 2.69. The van der Waals surface area contributed by atoms with Crippen molar-refractivity contribution in [1.82, 2.24) is 0 Å². The van der Waals surface area contributed by atoms with E-state index in [0.29, 0.717) is 23.0 Å². The van der Waals surface area contributed by atoms with Crippen molar-refractivity contribution in [1.29, 1.82) is 0 Å². The number of sulfonamides is 1. The number of ether oxygens (including phenoxy) is 1. The Labute approximate surface area is 178 Å². The normalized spacial score (nSPS) is 11.8. The van der Waals surface area contributed by atoms with E-state index < -0.39 is 20.6 Å². The molecule has 0 aliphatic heterocycles. The van der Waals surface area contributed by atoms with Crippen molar-refractivity contribution in [2.24, 2.45) is 5.10 Å². The summed E-state index contributed by atoms with van der Waals surface area (Å²) >= 11 is 0. The molecule has 0 saturated carbocycles. The van der Waals surface area contributed by atoms with Crippen molar-refractivity contribution >= 4 is 32.8 Å². The van der Waals surface area contributed by atoms with Crippen molar-refractivity contribution in [3.05, 3.63) is 76.2 Å². The lowest BCUT2D eigenvalue weighted by Crippen LogP contribution is -2.14. The second kappa shape index (κ2) is 8.88. The van der Waals surface area contributed by atoms with Gasteiger partial charge in [-0.3, -0.25) is 20.3 Å². The highest BCUT2D eigenvalue weighted by Crippen LogP contribution is 2.30. The molecule has 11 heteroatoms. The fourth-order valence-corrected chi connectivity index (χ4v) is 3.77. The molecule has 0 bridgehead atoms. The second-order valence-corrected chi connectivity index (χ2v) is 8.14. The van der Waals surface area contributed by atoms with Crippen LogP contribution < -0.4 is 14.9 Å². The fraction of sp³-hybridized carbons (Fsp3) is 0.150. The minimum atomic E-state index is -4.10. The minimum Gasteiger partial charge on any atom is -0.495 e. The summed E-state index contributed by atoms with van der Waals surface area (Å²) in [5, 5.41) is 15.6. The number of aryl methyl sites for hydroxylation is 1. The highest BCUT2D eigenvalue weighted by molar-refractivity contribution is 7.92. The minimum absolute atomic E-state index is 0.0314. The molecule has 3 aromatic rings. The molecule has 0 unspecified atom stereocenters. The van der Waals surface area contributed by atoms with Gasteiger partial charge in [0, 0.05) is 6.07 Å². The van der Waals surface area contributed by atoms with Crippen LogP contribution in [0.15, 0.2) is 69.0 Å². The molecule has 0 saturated heterocycles. The number of benzene rings is 2. The number of hydrogen-bond acceptors (Lipinski definition) is 8. The number of hydrazone groups is 1. The highest BCUT2D eigenvalue weighted by atomic mass is 32.2. The smallest absolute Gasteiger partial charge is 0.295 e. The van der Waals surface area contributed by atoms with Gasteiger partial charge in [0.15, 0.2) is 0 Å². The van der Waals surface area contributed by atoms with Gasteiger partial charge in [0.2, 0.25) is 0 Å². The first kappa shape index (κ1) is 21.8. The van der Waals surface area contributed by atoms with E-state index in [1.165, 1.54) is 25.3 Å². The third-order valence-electron chi connectivity index (χ3n) is 4.27. The molecular formula is C20H20N4O6S. The molecule has 0 amide bonds. The number of hydrogen-bond donors (Lipinski definition) is 2. The summed E-state index contributed by atoms with van der Waals surface area (Å²) in [6, 6.07) is 13.4. The molecule has 10 nitrogen and oxygen atoms in total. The summed E-state index contributed by atoms with van der Waals surface area (Å²) in [6.07, 6.45) is 0. The largest absolute Gasteiger partial charge is 0.495 e. The predicted molar refractivity (Wildman–Crippen MR) is 116 cm³/mol. The van der Waals surface area contributed by atoms with Crippen LogP contribution in [0.25, 0.3) is 0 Å². The molecule has 162 valence electrons. The number of rotatable bonds is 8. The second-order valence-electron chi connectivity index (χ2n) is 6.46. The molecule has 0 aliphatic carbocycles. The number of furan rings is 1. The van der Waals surface area contributed by atoms with Crippen LogP contribution in [0.5, 0.6) is 5.75 Å². The Hall–Kier alpha value is -3.86. The maximum absolute atomic E-state index is 12.8. The maximum Gasteiger partial charge on any atom is 0.295 e. The molecule has 1 aromatic heterocycles. The summed E-state index contributed by atoms with van der Waals surface area (Å²) in [5.41, 5.74) is 2.86. The lowest BCUT2D eigenvalue weighted by atomic mass is 10.3. The van der Waals surface area contributed by atoms with Gasteiger partial charge < -0.3 is 9.15 Å². The number of nitrogens with one attached hydrogen (secondary N) is 2. The lowest BCUT2D eigenvalue weighted by molar-refractivity contribution is -0.384. The Morgan fingerprint density at radius 1 is 1.13 bits per heavy atom. The van der Waals surface area contributed by atoms with Gasteiger partial charge in [-0.05, 0) is 50.2 Å². The van der Waals surface area contributed by atoms with Crippen molar-refractivity contribution in [3.8, 4) is 5.75 Å². The monoisotopic (exact) mass is 444 g/mol. The van der Waals surface area contributed by atoms with E-state index in [9.17, 15) is 18.5 Å². The Kier molecular flexibility index (Phi) is 6.25. The van der Waals surface area contributed by atoms with Crippen LogP contribution in [0.1, 0.15) is 18.4 Å². The zero-order valence-corrected chi connectivity index (χ0v) is 17.8.